The molecule has 1 aliphatic heterocycles. The van der Waals surface area contributed by atoms with Gasteiger partial charge in [-0.2, -0.15) is 0 Å². The highest BCUT2D eigenvalue weighted by Crippen LogP contribution is 2.14. The fourth-order valence-corrected chi connectivity index (χ4v) is 2.44. The summed E-state index contributed by atoms with van der Waals surface area (Å²) in [6.07, 6.45) is 0.0808. The Bertz CT molecular complexity index is 773. The molecule has 1 aliphatic rings. The smallest absolute Gasteiger partial charge is 0.325 e. The van der Waals surface area contributed by atoms with Gasteiger partial charge in [0.15, 0.2) is 6.61 Å². The Balaban J connectivity index is 1.69. The van der Waals surface area contributed by atoms with Crippen LogP contribution in [-0.2, 0) is 23.9 Å². The summed E-state index contributed by atoms with van der Waals surface area (Å²) in [6, 6.07) is 4.56. The maximum atomic E-state index is 11.8. The Kier molecular flexibility index (Phi) is 6.64. The van der Waals surface area contributed by atoms with Gasteiger partial charge in [-0.3, -0.25) is 29.4 Å². The molecule has 0 atom stereocenters. The molecule has 144 valence electrons. The Morgan fingerprint density at radius 3 is 2.37 bits per heavy atom. The van der Waals surface area contributed by atoms with Gasteiger partial charge in [-0.15, -0.1) is 0 Å². The normalized spacial score (nSPS) is 13.5. The molecule has 1 aromatic carbocycles. The summed E-state index contributed by atoms with van der Waals surface area (Å²) >= 11 is 0. The molecule has 2 rings (SSSR count). The van der Waals surface area contributed by atoms with E-state index in [-0.39, 0.29) is 37.6 Å². The van der Waals surface area contributed by atoms with Crippen LogP contribution in [0.5, 0.6) is 0 Å². The fourth-order valence-electron chi connectivity index (χ4n) is 2.44. The summed E-state index contributed by atoms with van der Waals surface area (Å²) in [7, 11) is 0. The van der Waals surface area contributed by atoms with E-state index in [4.69, 9.17) is 4.74 Å². The average molecular weight is 375 g/mol. The molecule has 1 fully saturated rings. The number of urea groups is 1. The second-order valence-corrected chi connectivity index (χ2v) is 6.15. The van der Waals surface area contributed by atoms with Gasteiger partial charge in [0.25, 0.3) is 5.91 Å². The zero-order valence-electron chi connectivity index (χ0n) is 15.2. The van der Waals surface area contributed by atoms with Crippen molar-refractivity contribution in [3.63, 3.8) is 0 Å². The largest absolute Gasteiger partial charge is 0.456 e. The van der Waals surface area contributed by atoms with Crippen LogP contribution in [0.15, 0.2) is 18.2 Å². The minimum Gasteiger partial charge on any atom is -0.456 e. The molecular weight excluding hydrogens is 354 g/mol. The minimum atomic E-state index is -0.794. The van der Waals surface area contributed by atoms with Crippen LogP contribution in [-0.4, -0.2) is 47.8 Å². The van der Waals surface area contributed by atoms with Gasteiger partial charge in [0.2, 0.25) is 11.8 Å². The molecule has 0 saturated carbocycles. The van der Waals surface area contributed by atoms with E-state index in [1.807, 2.05) is 25.2 Å². The second-order valence-electron chi connectivity index (χ2n) is 6.15. The van der Waals surface area contributed by atoms with Crippen LogP contribution >= 0.6 is 0 Å². The molecule has 27 heavy (non-hydrogen) atoms. The van der Waals surface area contributed by atoms with E-state index in [9.17, 15) is 24.0 Å². The first kappa shape index (κ1) is 20.1. The van der Waals surface area contributed by atoms with Crippen molar-refractivity contribution in [1.82, 2.24) is 10.2 Å². The first-order valence-corrected chi connectivity index (χ1v) is 8.43. The molecule has 1 saturated heterocycles. The second kappa shape index (κ2) is 8.93. The number of ether oxygens (including phenoxy) is 1. The molecule has 0 unspecified atom stereocenters. The predicted octanol–water partition coefficient (Wildman–Crippen LogP) is 1.03. The molecular formula is C18H21N3O6. The number of likely N-dealkylation sites (tertiary alicyclic amines) is 1. The maximum absolute atomic E-state index is 11.8. The molecule has 0 aromatic heterocycles. The number of amides is 5. The van der Waals surface area contributed by atoms with Crippen molar-refractivity contribution in [1.29, 1.82) is 0 Å². The zero-order chi connectivity index (χ0) is 20.0. The van der Waals surface area contributed by atoms with Crippen LogP contribution in [0.4, 0.5) is 10.5 Å². The van der Waals surface area contributed by atoms with Crippen molar-refractivity contribution in [2.45, 2.75) is 33.1 Å². The Hall–Kier alpha value is -3.23. The molecule has 0 aliphatic carbocycles. The van der Waals surface area contributed by atoms with Crippen LogP contribution in [0, 0.1) is 13.8 Å². The lowest BCUT2D eigenvalue weighted by atomic mass is 10.1. The highest BCUT2D eigenvalue weighted by molar-refractivity contribution is 6.02. The predicted molar refractivity (Wildman–Crippen MR) is 94.6 cm³/mol. The van der Waals surface area contributed by atoms with E-state index in [0.717, 1.165) is 16.0 Å². The Labute approximate surface area is 156 Å². The first-order valence-electron chi connectivity index (χ1n) is 8.43. The molecule has 0 bridgehead atoms. The number of esters is 1. The topological polar surface area (TPSA) is 122 Å². The van der Waals surface area contributed by atoms with E-state index in [2.05, 4.69) is 5.32 Å². The third-order valence-corrected chi connectivity index (χ3v) is 4.08. The fraction of sp³-hybridized carbons (Fsp3) is 0.389. The molecule has 5 amide bonds. The summed E-state index contributed by atoms with van der Waals surface area (Å²) in [5.74, 6) is -2.19. The highest BCUT2D eigenvalue weighted by atomic mass is 16.5. The third-order valence-electron chi connectivity index (χ3n) is 4.08. The van der Waals surface area contributed by atoms with E-state index < -0.39 is 24.5 Å². The Morgan fingerprint density at radius 1 is 1.07 bits per heavy atom. The van der Waals surface area contributed by atoms with Gasteiger partial charge in [-0.1, -0.05) is 6.07 Å². The van der Waals surface area contributed by atoms with E-state index in [1.54, 1.807) is 12.1 Å². The number of hydrogen-bond donors (Lipinski definition) is 2. The molecule has 0 spiro atoms. The monoisotopic (exact) mass is 375 g/mol. The van der Waals surface area contributed by atoms with Gasteiger partial charge in [0, 0.05) is 25.1 Å². The first-order chi connectivity index (χ1) is 12.8. The number of carbonyl (C=O) groups is 5. The molecule has 1 heterocycles. The molecule has 2 N–H and O–H groups in total. The van der Waals surface area contributed by atoms with Crippen molar-refractivity contribution in [2.24, 2.45) is 0 Å². The van der Waals surface area contributed by atoms with Gasteiger partial charge in [0.1, 0.15) is 0 Å². The van der Waals surface area contributed by atoms with Crippen LogP contribution < -0.4 is 10.6 Å². The zero-order valence-corrected chi connectivity index (χ0v) is 15.2. The standard InChI is InChI=1S/C18H21N3O6/c1-11-3-4-13(9-12(11)2)19-18(26)20-14(22)10-27-17(25)7-8-21-15(23)5-6-16(21)24/h3-4,9H,5-8,10H2,1-2H3,(H2,19,20,22,26). The van der Waals surface area contributed by atoms with Crippen molar-refractivity contribution in [2.75, 3.05) is 18.5 Å². The number of anilines is 1. The van der Waals surface area contributed by atoms with E-state index in [1.165, 1.54) is 0 Å². The summed E-state index contributed by atoms with van der Waals surface area (Å²) in [6.45, 7) is 3.12. The maximum Gasteiger partial charge on any atom is 0.325 e. The lowest BCUT2D eigenvalue weighted by Gasteiger charge is -2.13. The SMILES string of the molecule is Cc1ccc(NC(=O)NC(=O)COC(=O)CCN2C(=O)CCC2=O)cc1C. The molecule has 9 heteroatoms. The van der Waals surface area contributed by atoms with Crippen molar-refractivity contribution >= 4 is 35.4 Å². The van der Waals surface area contributed by atoms with Crippen LogP contribution in [0.2, 0.25) is 0 Å². The molecule has 0 radical (unpaired) electrons. The van der Waals surface area contributed by atoms with Gasteiger partial charge >= 0.3 is 12.0 Å². The summed E-state index contributed by atoms with van der Waals surface area (Å²) in [5.41, 5.74) is 2.59. The number of nitrogens with one attached hydrogen (secondary N) is 2. The third kappa shape index (κ3) is 5.91. The summed E-state index contributed by atoms with van der Waals surface area (Å²) < 4.78 is 4.74. The number of hydrogen-bond acceptors (Lipinski definition) is 6. The van der Waals surface area contributed by atoms with E-state index in [0.29, 0.717) is 5.69 Å². The van der Waals surface area contributed by atoms with Gasteiger partial charge in [0.05, 0.1) is 6.42 Å². The minimum absolute atomic E-state index is 0.0780. The van der Waals surface area contributed by atoms with Gasteiger partial charge in [-0.25, -0.2) is 4.79 Å². The number of aryl methyl sites for hydroxylation is 2. The van der Waals surface area contributed by atoms with Gasteiger partial charge < -0.3 is 10.1 Å². The molecule has 1 aromatic rings. The Morgan fingerprint density at radius 2 is 1.74 bits per heavy atom. The summed E-state index contributed by atoms with van der Waals surface area (Å²) in [5, 5.41) is 4.55. The lowest BCUT2D eigenvalue weighted by molar-refractivity contribution is -0.149. The number of imide groups is 2. The van der Waals surface area contributed by atoms with Crippen molar-refractivity contribution < 1.29 is 28.7 Å². The number of nitrogens with zero attached hydrogens (tertiary/aromatic N) is 1. The highest BCUT2D eigenvalue weighted by Gasteiger charge is 2.29. The van der Waals surface area contributed by atoms with Crippen molar-refractivity contribution in [3.8, 4) is 0 Å². The number of benzene rings is 1. The van der Waals surface area contributed by atoms with Gasteiger partial charge in [-0.05, 0) is 37.1 Å². The van der Waals surface area contributed by atoms with Crippen LogP contribution in [0.3, 0.4) is 0 Å². The quantitative estimate of drug-likeness (QED) is 0.566. The number of rotatable bonds is 6. The van der Waals surface area contributed by atoms with Crippen LogP contribution in [0.1, 0.15) is 30.4 Å². The number of carbonyl (C=O) groups excluding carboxylic acids is 5. The van der Waals surface area contributed by atoms with Crippen molar-refractivity contribution in [3.05, 3.63) is 29.3 Å². The van der Waals surface area contributed by atoms with E-state index >= 15 is 0 Å². The van der Waals surface area contributed by atoms with Crippen LogP contribution in [0.25, 0.3) is 0 Å². The lowest BCUT2D eigenvalue weighted by Crippen LogP contribution is -2.37. The molecule has 9 nitrogen and oxygen atoms in total. The summed E-state index contributed by atoms with van der Waals surface area (Å²) in [4.78, 5) is 58.9. The average Bonchev–Trinajstić information content (AvgIpc) is 2.92.